The van der Waals surface area contributed by atoms with Gasteiger partial charge in [0.25, 0.3) is 5.88 Å². The molecule has 0 bridgehead atoms. The lowest BCUT2D eigenvalue weighted by Gasteiger charge is -2.27. The zero-order valence-electron chi connectivity index (χ0n) is 14.3. The summed E-state index contributed by atoms with van der Waals surface area (Å²) in [5.74, 6) is -0.776. The Kier molecular flexibility index (Phi) is 5.76. The molecule has 1 aliphatic rings. The van der Waals surface area contributed by atoms with E-state index in [0.717, 1.165) is 12.6 Å². The van der Waals surface area contributed by atoms with Gasteiger partial charge in [0, 0.05) is 18.8 Å². The van der Waals surface area contributed by atoms with Crippen molar-refractivity contribution in [2.75, 3.05) is 19.7 Å². The van der Waals surface area contributed by atoms with Crippen LogP contribution in [0, 0.1) is 11.3 Å². The summed E-state index contributed by atoms with van der Waals surface area (Å²) in [5, 5.41) is 6.13. The molecular weight excluding hydrogens is 339 g/mol. The number of hydrogen-bond acceptors (Lipinski definition) is 5. The number of pyridine rings is 1. The average molecular weight is 361 g/mol. The van der Waals surface area contributed by atoms with Crippen LogP contribution in [0.25, 0.3) is 0 Å². The van der Waals surface area contributed by atoms with Crippen LogP contribution in [-0.2, 0) is 4.79 Å². The van der Waals surface area contributed by atoms with Gasteiger partial charge in [0.2, 0.25) is 5.91 Å². The van der Waals surface area contributed by atoms with Gasteiger partial charge in [-0.3, -0.25) is 4.79 Å². The summed E-state index contributed by atoms with van der Waals surface area (Å²) >= 11 is 0. The molecule has 0 aliphatic carbocycles. The number of nitrogens with one attached hydrogen (secondary N) is 2. The topological polar surface area (TPSA) is 72.5 Å². The summed E-state index contributed by atoms with van der Waals surface area (Å²) < 4.78 is 46.5. The number of carbonyl (C=O) groups excluding carboxylic acids is 1. The van der Waals surface area contributed by atoms with Gasteiger partial charge >= 0.3 is 6.36 Å². The van der Waals surface area contributed by atoms with Gasteiger partial charge in [0.1, 0.15) is 6.61 Å². The molecular formula is C16H22F3N3O3. The Morgan fingerprint density at radius 1 is 1.40 bits per heavy atom. The second kappa shape index (κ2) is 7.47. The Hall–Kier alpha value is -2.03. The van der Waals surface area contributed by atoms with E-state index in [-0.39, 0.29) is 24.4 Å². The number of carbonyl (C=O) groups is 1. The van der Waals surface area contributed by atoms with Gasteiger partial charge in [-0.05, 0) is 38.4 Å². The molecule has 0 aromatic carbocycles. The molecule has 1 amide bonds. The monoisotopic (exact) mass is 361 g/mol. The van der Waals surface area contributed by atoms with Gasteiger partial charge in [0.15, 0.2) is 5.75 Å². The maximum absolute atomic E-state index is 12.5. The summed E-state index contributed by atoms with van der Waals surface area (Å²) in [5.41, 5.74) is -0.949. The van der Waals surface area contributed by atoms with E-state index in [1.54, 1.807) is 13.8 Å². The first-order valence-electron chi connectivity index (χ1n) is 7.94. The molecule has 1 fully saturated rings. The molecule has 1 aliphatic heterocycles. The number of nitrogens with zero attached hydrogens (tertiary/aromatic N) is 1. The first-order valence-corrected chi connectivity index (χ1v) is 7.94. The highest BCUT2D eigenvalue weighted by atomic mass is 19.4. The van der Waals surface area contributed by atoms with E-state index in [2.05, 4.69) is 20.4 Å². The number of aromatic nitrogens is 1. The lowest BCUT2D eigenvalue weighted by atomic mass is 9.92. The smallest absolute Gasteiger partial charge is 0.474 e. The summed E-state index contributed by atoms with van der Waals surface area (Å²) in [6.07, 6.45) is -3.56. The van der Waals surface area contributed by atoms with Crippen LogP contribution >= 0.6 is 0 Å². The zero-order valence-corrected chi connectivity index (χ0v) is 14.3. The molecule has 25 heavy (non-hydrogen) atoms. The third-order valence-electron chi connectivity index (χ3n) is 3.98. The lowest BCUT2D eigenvalue weighted by Crippen LogP contribution is -2.48. The quantitative estimate of drug-likeness (QED) is 0.812. The standard InChI is InChI=1S/C16H22F3N3O3/c1-10-7-20-8-11(10)22-14(23)15(2,3)9-24-13-12(5-4-6-21-13)25-16(17,18)19/h4-6,10-11,20H,7-9H2,1-3H3,(H,22,23)/t10-,11-/m0/s1. The molecule has 2 heterocycles. The van der Waals surface area contributed by atoms with E-state index in [9.17, 15) is 18.0 Å². The first-order chi connectivity index (χ1) is 11.6. The van der Waals surface area contributed by atoms with Crippen molar-refractivity contribution in [1.82, 2.24) is 15.6 Å². The number of amides is 1. The Bertz CT molecular complexity index is 608. The van der Waals surface area contributed by atoms with Crippen LogP contribution in [0.5, 0.6) is 11.6 Å². The van der Waals surface area contributed by atoms with Crippen LogP contribution in [-0.4, -0.2) is 43.0 Å². The van der Waals surface area contributed by atoms with Crippen LogP contribution < -0.4 is 20.1 Å². The van der Waals surface area contributed by atoms with Gasteiger partial charge in [0.05, 0.1) is 5.41 Å². The predicted molar refractivity (Wildman–Crippen MR) is 84.2 cm³/mol. The van der Waals surface area contributed by atoms with Crippen LogP contribution in [0.4, 0.5) is 13.2 Å². The number of halogens is 3. The highest BCUT2D eigenvalue weighted by molar-refractivity contribution is 5.82. The summed E-state index contributed by atoms with van der Waals surface area (Å²) in [6, 6.07) is 2.43. The highest BCUT2D eigenvalue weighted by Crippen LogP contribution is 2.31. The predicted octanol–water partition coefficient (Wildman–Crippen LogP) is 2.11. The maximum atomic E-state index is 12.5. The highest BCUT2D eigenvalue weighted by Gasteiger charge is 2.35. The van der Waals surface area contributed by atoms with E-state index >= 15 is 0 Å². The molecule has 6 nitrogen and oxygen atoms in total. The summed E-state index contributed by atoms with van der Waals surface area (Å²) in [7, 11) is 0. The van der Waals surface area contributed by atoms with Crippen LogP contribution in [0.1, 0.15) is 20.8 Å². The van der Waals surface area contributed by atoms with Crippen LogP contribution in [0.2, 0.25) is 0 Å². The van der Waals surface area contributed by atoms with Gasteiger partial charge < -0.3 is 20.1 Å². The molecule has 0 spiro atoms. The Morgan fingerprint density at radius 2 is 2.12 bits per heavy atom. The summed E-state index contributed by atoms with van der Waals surface area (Å²) in [6.45, 7) is 6.72. The molecule has 9 heteroatoms. The fourth-order valence-electron chi connectivity index (χ4n) is 2.37. The zero-order chi connectivity index (χ0) is 18.7. The minimum atomic E-state index is -4.85. The van der Waals surface area contributed by atoms with Gasteiger partial charge in [-0.2, -0.15) is 0 Å². The molecule has 2 atom stereocenters. The number of alkyl halides is 3. The Balaban J connectivity index is 1.98. The maximum Gasteiger partial charge on any atom is 0.573 e. The number of rotatable bonds is 6. The van der Waals surface area contributed by atoms with Crippen LogP contribution in [0.3, 0.4) is 0 Å². The van der Waals surface area contributed by atoms with Gasteiger partial charge in [-0.15, -0.1) is 13.2 Å². The van der Waals surface area contributed by atoms with Crippen molar-refractivity contribution in [3.8, 4) is 11.6 Å². The van der Waals surface area contributed by atoms with Crippen molar-refractivity contribution in [2.45, 2.75) is 33.2 Å². The largest absolute Gasteiger partial charge is 0.573 e. The van der Waals surface area contributed by atoms with Crippen LogP contribution in [0.15, 0.2) is 18.3 Å². The SMILES string of the molecule is C[C@H]1CNC[C@@H]1NC(=O)C(C)(C)COc1ncccc1OC(F)(F)F. The molecule has 0 unspecified atom stereocenters. The van der Waals surface area contributed by atoms with E-state index in [4.69, 9.17) is 4.74 Å². The normalized spacial score (nSPS) is 21.0. The molecule has 1 aromatic heterocycles. The Labute approximate surface area is 144 Å². The van der Waals surface area contributed by atoms with E-state index < -0.39 is 17.5 Å². The third-order valence-corrected chi connectivity index (χ3v) is 3.98. The lowest BCUT2D eigenvalue weighted by molar-refractivity contribution is -0.275. The van der Waals surface area contributed by atoms with E-state index in [0.29, 0.717) is 12.5 Å². The van der Waals surface area contributed by atoms with Crippen molar-refractivity contribution in [3.63, 3.8) is 0 Å². The fraction of sp³-hybridized carbons (Fsp3) is 0.625. The average Bonchev–Trinajstić information content (AvgIpc) is 2.90. The second-order valence-corrected chi connectivity index (χ2v) is 6.74. The molecule has 2 N–H and O–H groups in total. The molecule has 1 saturated heterocycles. The molecule has 140 valence electrons. The first kappa shape index (κ1) is 19.3. The molecule has 0 saturated carbocycles. The Morgan fingerprint density at radius 3 is 2.72 bits per heavy atom. The van der Waals surface area contributed by atoms with Crippen molar-refractivity contribution in [3.05, 3.63) is 18.3 Å². The van der Waals surface area contributed by atoms with Crippen molar-refractivity contribution < 1.29 is 27.4 Å². The molecule has 2 rings (SSSR count). The summed E-state index contributed by atoms with van der Waals surface area (Å²) in [4.78, 5) is 16.2. The molecule has 1 aromatic rings. The van der Waals surface area contributed by atoms with Gasteiger partial charge in [-0.1, -0.05) is 6.92 Å². The van der Waals surface area contributed by atoms with Crippen molar-refractivity contribution in [2.24, 2.45) is 11.3 Å². The fourth-order valence-corrected chi connectivity index (χ4v) is 2.37. The van der Waals surface area contributed by atoms with E-state index in [1.165, 1.54) is 12.3 Å². The van der Waals surface area contributed by atoms with Gasteiger partial charge in [-0.25, -0.2) is 4.98 Å². The number of hydrogen-bond donors (Lipinski definition) is 2. The molecule has 0 radical (unpaired) electrons. The van der Waals surface area contributed by atoms with Crippen molar-refractivity contribution >= 4 is 5.91 Å². The van der Waals surface area contributed by atoms with E-state index in [1.807, 2.05) is 6.92 Å². The third kappa shape index (κ3) is 5.48. The van der Waals surface area contributed by atoms with Crippen molar-refractivity contribution in [1.29, 1.82) is 0 Å². The second-order valence-electron chi connectivity index (χ2n) is 6.74. The number of ether oxygens (including phenoxy) is 2. The minimum Gasteiger partial charge on any atom is -0.474 e. The minimum absolute atomic E-state index is 0.0192.